The topological polar surface area (TPSA) is 63.6 Å². The van der Waals surface area contributed by atoms with Crippen LogP contribution in [0.2, 0.25) is 0 Å². The summed E-state index contributed by atoms with van der Waals surface area (Å²) in [6.45, 7) is 1.55. The number of aromatic carboxylic acids is 1. The maximum atomic E-state index is 11.3. The van der Waals surface area contributed by atoms with E-state index in [9.17, 15) is 9.59 Å². The second-order valence-corrected chi connectivity index (χ2v) is 5.59. The molecule has 0 aromatic heterocycles. The van der Waals surface area contributed by atoms with Crippen LogP contribution in [0.1, 0.15) is 27.6 Å². The SMILES string of the molecule is CC(=O)c1ccc(-c2ccc(Oc3ccc(C(=O)O)cc3)cc2)cc1. The molecule has 25 heavy (non-hydrogen) atoms. The number of carbonyl (C=O) groups is 2. The minimum Gasteiger partial charge on any atom is -0.478 e. The molecule has 0 saturated carbocycles. The highest BCUT2D eigenvalue weighted by molar-refractivity contribution is 5.94. The third kappa shape index (κ3) is 3.93. The summed E-state index contributed by atoms with van der Waals surface area (Å²) in [5.74, 6) is 0.312. The van der Waals surface area contributed by atoms with Gasteiger partial charge in [-0.1, -0.05) is 36.4 Å². The van der Waals surface area contributed by atoms with Gasteiger partial charge in [-0.3, -0.25) is 4.79 Å². The Hall–Kier alpha value is -3.40. The summed E-state index contributed by atoms with van der Waals surface area (Å²) < 4.78 is 5.72. The summed E-state index contributed by atoms with van der Waals surface area (Å²) >= 11 is 0. The van der Waals surface area contributed by atoms with Gasteiger partial charge in [0, 0.05) is 5.56 Å². The van der Waals surface area contributed by atoms with E-state index in [1.165, 1.54) is 12.1 Å². The number of carbonyl (C=O) groups excluding carboxylic acids is 1. The fourth-order valence-corrected chi connectivity index (χ4v) is 2.41. The Morgan fingerprint density at radius 2 is 1.08 bits per heavy atom. The number of carboxylic acids is 1. The molecule has 0 aliphatic heterocycles. The van der Waals surface area contributed by atoms with Crippen LogP contribution in [0.15, 0.2) is 72.8 Å². The second kappa shape index (κ2) is 7.01. The van der Waals surface area contributed by atoms with E-state index in [1.807, 2.05) is 48.5 Å². The van der Waals surface area contributed by atoms with E-state index in [0.717, 1.165) is 11.1 Å². The monoisotopic (exact) mass is 332 g/mol. The third-order valence-electron chi connectivity index (χ3n) is 3.82. The van der Waals surface area contributed by atoms with Crippen molar-refractivity contribution < 1.29 is 19.4 Å². The summed E-state index contributed by atoms with van der Waals surface area (Å²) in [6, 6.07) is 21.3. The fourth-order valence-electron chi connectivity index (χ4n) is 2.41. The van der Waals surface area contributed by atoms with Crippen LogP contribution in [0.5, 0.6) is 11.5 Å². The molecule has 0 spiro atoms. The molecule has 0 unspecified atom stereocenters. The highest BCUT2D eigenvalue weighted by atomic mass is 16.5. The highest BCUT2D eigenvalue weighted by Crippen LogP contribution is 2.26. The van der Waals surface area contributed by atoms with Crippen LogP contribution in [-0.4, -0.2) is 16.9 Å². The molecule has 4 nitrogen and oxygen atoms in total. The summed E-state index contributed by atoms with van der Waals surface area (Å²) in [7, 11) is 0. The van der Waals surface area contributed by atoms with Crippen LogP contribution in [0.25, 0.3) is 11.1 Å². The van der Waals surface area contributed by atoms with E-state index in [1.54, 1.807) is 19.1 Å². The maximum absolute atomic E-state index is 11.3. The van der Waals surface area contributed by atoms with Gasteiger partial charge >= 0.3 is 5.97 Å². The van der Waals surface area contributed by atoms with Crippen LogP contribution in [-0.2, 0) is 0 Å². The van der Waals surface area contributed by atoms with Crippen molar-refractivity contribution in [2.45, 2.75) is 6.92 Å². The number of hydrogen-bond acceptors (Lipinski definition) is 3. The van der Waals surface area contributed by atoms with Gasteiger partial charge in [-0.05, 0) is 54.4 Å². The Morgan fingerprint density at radius 1 is 0.680 bits per heavy atom. The number of ketones is 1. The molecule has 124 valence electrons. The molecule has 3 aromatic carbocycles. The van der Waals surface area contributed by atoms with Gasteiger partial charge in [-0.15, -0.1) is 0 Å². The van der Waals surface area contributed by atoms with Gasteiger partial charge < -0.3 is 9.84 Å². The van der Waals surface area contributed by atoms with Gasteiger partial charge in [0.2, 0.25) is 0 Å². The molecule has 0 bridgehead atoms. The first kappa shape index (κ1) is 16.5. The van der Waals surface area contributed by atoms with Crippen LogP contribution >= 0.6 is 0 Å². The number of ether oxygens (including phenoxy) is 1. The number of carboxylic acid groups (broad SMARTS) is 1. The maximum Gasteiger partial charge on any atom is 0.335 e. The zero-order valence-electron chi connectivity index (χ0n) is 13.6. The van der Waals surface area contributed by atoms with Crippen LogP contribution in [0.4, 0.5) is 0 Å². The summed E-state index contributed by atoms with van der Waals surface area (Å²) in [5, 5.41) is 8.89. The molecular weight excluding hydrogens is 316 g/mol. The zero-order chi connectivity index (χ0) is 17.8. The summed E-state index contributed by atoms with van der Waals surface area (Å²) in [6.07, 6.45) is 0. The number of benzene rings is 3. The molecular formula is C21H16O4. The van der Waals surface area contributed by atoms with Gasteiger partial charge in [0.05, 0.1) is 5.56 Å². The lowest BCUT2D eigenvalue weighted by molar-refractivity contribution is 0.0696. The van der Waals surface area contributed by atoms with Crippen LogP contribution in [0, 0.1) is 0 Å². The van der Waals surface area contributed by atoms with E-state index in [-0.39, 0.29) is 11.3 Å². The van der Waals surface area contributed by atoms with E-state index in [4.69, 9.17) is 9.84 Å². The lowest BCUT2D eigenvalue weighted by Gasteiger charge is -2.08. The largest absolute Gasteiger partial charge is 0.478 e. The van der Waals surface area contributed by atoms with Gasteiger partial charge in [-0.25, -0.2) is 4.79 Å². The molecule has 3 aromatic rings. The molecule has 0 radical (unpaired) electrons. The Morgan fingerprint density at radius 3 is 1.52 bits per heavy atom. The van der Waals surface area contributed by atoms with E-state index in [2.05, 4.69) is 0 Å². The lowest BCUT2D eigenvalue weighted by Crippen LogP contribution is -1.95. The average Bonchev–Trinajstić information content (AvgIpc) is 2.63. The molecule has 0 heterocycles. The predicted octanol–water partition coefficient (Wildman–Crippen LogP) is 5.05. The van der Waals surface area contributed by atoms with Crippen molar-refractivity contribution in [2.24, 2.45) is 0 Å². The smallest absolute Gasteiger partial charge is 0.335 e. The lowest BCUT2D eigenvalue weighted by atomic mass is 10.0. The van der Waals surface area contributed by atoms with Crippen molar-refractivity contribution in [3.63, 3.8) is 0 Å². The molecule has 1 N–H and O–H groups in total. The molecule has 0 aliphatic carbocycles. The molecule has 0 amide bonds. The van der Waals surface area contributed by atoms with E-state index < -0.39 is 5.97 Å². The molecule has 3 rings (SSSR count). The van der Waals surface area contributed by atoms with Crippen molar-refractivity contribution in [2.75, 3.05) is 0 Å². The van der Waals surface area contributed by atoms with E-state index in [0.29, 0.717) is 17.1 Å². The van der Waals surface area contributed by atoms with Gasteiger partial charge in [0.15, 0.2) is 5.78 Å². The number of hydrogen-bond donors (Lipinski definition) is 1. The van der Waals surface area contributed by atoms with Crippen LogP contribution < -0.4 is 4.74 Å². The average molecular weight is 332 g/mol. The molecule has 4 heteroatoms. The second-order valence-electron chi connectivity index (χ2n) is 5.59. The fraction of sp³-hybridized carbons (Fsp3) is 0.0476. The standard InChI is InChI=1S/C21H16O4/c1-14(22)15-2-4-16(5-3-15)17-6-10-19(11-7-17)25-20-12-8-18(9-13-20)21(23)24/h2-13H,1H3,(H,23,24). The molecule has 0 saturated heterocycles. The Balaban J connectivity index is 1.73. The van der Waals surface area contributed by atoms with Crippen LogP contribution in [0.3, 0.4) is 0 Å². The third-order valence-corrected chi connectivity index (χ3v) is 3.82. The van der Waals surface area contributed by atoms with Crippen molar-refractivity contribution in [1.82, 2.24) is 0 Å². The minimum atomic E-state index is -0.966. The Bertz CT molecular complexity index is 892. The molecule has 0 fully saturated rings. The first-order valence-corrected chi connectivity index (χ1v) is 7.75. The quantitative estimate of drug-likeness (QED) is 0.664. The Labute approximate surface area is 145 Å². The normalized spacial score (nSPS) is 10.3. The first-order valence-electron chi connectivity index (χ1n) is 7.75. The Kier molecular flexibility index (Phi) is 4.61. The summed E-state index contributed by atoms with van der Waals surface area (Å²) in [4.78, 5) is 22.2. The van der Waals surface area contributed by atoms with Crippen molar-refractivity contribution in [1.29, 1.82) is 0 Å². The predicted molar refractivity (Wildman–Crippen MR) is 95.4 cm³/mol. The van der Waals surface area contributed by atoms with E-state index >= 15 is 0 Å². The number of rotatable bonds is 5. The van der Waals surface area contributed by atoms with Crippen molar-refractivity contribution >= 4 is 11.8 Å². The minimum absolute atomic E-state index is 0.0456. The molecule has 0 aliphatic rings. The number of Topliss-reactive ketones (excluding diaryl/α,β-unsaturated/α-hetero) is 1. The van der Waals surface area contributed by atoms with Gasteiger partial charge in [-0.2, -0.15) is 0 Å². The molecule has 0 atom stereocenters. The highest BCUT2D eigenvalue weighted by Gasteiger charge is 2.04. The first-order chi connectivity index (χ1) is 12.0. The van der Waals surface area contributed by atoms with Crippen molar-refractivity contribution in [3.05, 3.63) is 83.9 Å². The van der Waals surface area contributed by atoms with Gasteiger partial charge in [0.1, 0.15) is 11.5 Å². The van der Waals surface area contributed by atoms with Gasteiger partial charge in [0.25, 0.3) is 0 Å². The van der Waals surface area contributed by atoms with Crippen molar-refractivity contribution in [3.8, 4) is 22.6 Å². The summed E-state index contributed by atoms with van der Waals surface area (Å²) in [5.41, 5.74) is 2.94. The zero-order valence-corrected chi connectivity index (χ0v) is 13.6.